The highest BCUT2D eigenvalue weighted by Gasteiger charge is 2.29. The van der Waals surface area contributed by atoms with E-state index in [1.807, 2.05) is 133 Å². The van der Waals surface area contributed by atoms with Gasteiger partial charge < -0.3 is 66.2 Å². The number of aliphatic carboxylic acids is 1. The molecular weight excluding hydrogens is 1120 g/mol. The third kappa shape index (κ3) is 17.6. The van der Waals surface area contributed by atoms with Crippen molar-refractivity contribution in [2.75, 3.05) is 92.3 Å². The van der Waals surface area contributed by atoms with Crippen LogP contribution in [0, 0.1) is 13.8 Å². The van der Waals surface area contributed by atoms with E-state index in [0.717, 1.165) is 71.1 Å². The normalized spacial score (nSPS) is 14.5. The number of aryl methyl sites for hydroxylation is 2. The van der Waals surface area contributed by atoms with Gasteiger partial charge in [0.15, 0.2) is 22.9 Å². The van der Waals surface area contributed by atoms with E-state index in [0.29, 0.717) is 96.1 Å². The van der Waals surface area contributed by atoms with E-state index in [4.69, 9.17) is 45.7 Å². The zero-order valence-electron chi connectivity index (χ0n) is 50.3. The number of benzene rings is 4. The number of nitrogens with zero attached hydrogens (tertiary/aromatic N) is 9. The largest absolute Gasteiger partial charge is 0.497 e. The molecule has 0 saturated carbocycles. The highest BCUT2D eigenvalue weighted by Crippen LogP contribution is 2.38. The Morgan fingerprint density at radius 1 is 0.648 bits per heavy atom. The topological polar surface area (TPSA) is 285 Å². The van der Waals surface area contributed by atoms with Gasteiger partial charge in [0.05, 0.1) is 38.4 Å². The molecule has 6 heterocycles. The number of anilines is 2. The number of carbonyl (C=O) groups is 4. The number of methoxy groups -OCH3 is 2. The Hall–Kier alpha value is -9.84. The highest BCUT2D eigenvalue weighted by atomic mass is 16.5. The van der Waals surface area contributed by atoms with Crippen LogP contribution in [0.2, 0.25) is 0 Å². The smallest absolute Gasteiger partial charge is 0.328 e. The maximum Gasteiger partial charge on any atom is 0.328 e. The molecule has 88 heavy (non-hydrogen) atoms. The number of aromatic nitrogens is 6. The number of rotatable bonds is 22. The number of carboxylic acid groups (broad SMARTS) is 1. The van der Waals surface area contributed by atoms with Gasteiger partial charge in [-0.05, 0) is 121 Å². The summed E-state index contributed by atoms with van der Waals surface area (Å²) in [4.78, 5) is 61.9. The molecule has 0 unspecified atom stereocenters. The van der Waals surface area contributed by atoms with Crippen molar-refractivity contribution in [1.82, 2.24) is 49.5 Å². The van der Waals surface area contributed by atoms with Gasteiger partial charge >= 0.3 is 5.97 Å². The summed E-state index contributed by atoms with van der Waals surface area (Å²) >= 11 is 0. The van der Waals surface area contributed by atoms with Crippen LogP contribution < -0.4 is 46.4 Å². The fourth-order valence-electron chi connectivity index (χ4n) is 9.71. The monoisotopic (exact) mass is 1200 g/mol. The average molecular weight is 1200 g/mol. The van der Waals surface area contributed by atoms with Crippen LogP contribution in [0.1, 0.15) is 63.2 Å². The van der Waals surface area contributed by atoms with Crippen LogP contribution in [0.25, 0.3) is 22.1 Å². The second kappa shape index (κ2) is 31.0. The van der Waals surface area contributed by atoms with Gasteiger partial charge in [-0.3, -0.25) is 14.4 Å². The van der Waals surface area contributed by atoms with Gasteiger partial charge in [0, 0.05) is 81.5 Å². The minimum Gasteiger partial charge on any atom is -0.497 e. The molecule has 0 radical (unpaired) electrons. The minimum absolute atomic E-state index is 0. The first kappa shape index (κ1) is 65.7. The number of carboxylic acids is 1. The molecular formula is C65H80N14O9. The molecule has 4 aromatic carbocycles. The Balaban J connectivity index is 0.000000221. The lowest BCUT2D eigenvalue weighted by Crippen LogP contribution is -2.30. The fourth-order valence-corrected chi connectivity index (χ4v) is 9.71. The van der Waals surface area contributed by atoms with Crippen LogP contribution in [0.4, 0.5) is 11.6 Å². The van der Waals surface area contributed by atoms with Crippen LogP contribution in [-0.4, -0.2) is 167 Å². The van der Waals surface area contributed by atoms with Crippen LogP contribution in [-0.2, 0) is 22.7 Å². The average Bonchev–Trinajstić information content (AvgIpc) is 2.76. The molecule has 3 amide bonds. The van der Waals surface area contributed by atoms with Crippen LogP contribution in [0.3, 0.4) is 0 Å². The molecule has 0 spiro atoms. The number of likely N-dealkylation sites (tertiary alicyclic amines) is 1. The number of hydrogen-bond acceptors (Lipinski definition) is 17. The third-order valence-corrected chi connectivity index (χ3v) is 14.1. The maximum absolute atomic E-state index is 12.8. The lowest BCUT2D eigenvalue weighted by molar-refractivity contribution is -0.131. The molecule has 2 aliphatic heterocycles. The van der Waals surface area contributed by atoms with Crippen molar-refractivity contribution in [1.29, 1.82) is 0 Å². The molecule has 23 nitrogen and oxygen atoms in total. The van der Waals surface area contributed by atoms with Gasteiger partial charge in [-0.1, -0.05) is 67.1 Å². The number of likely N-dealkylation sites (N-methyl/N-ethyl adjacent to an activating group) is 2. The molecule has 8 N–H and O–H groups in total. The summed E-state index contributed by atoms with van der Waals surface area (Å²) in [6.07, 6.45) is 11.3. The summed E-state index contributed by atoms with van der Waals surface area (Å²) in [5, 5.41) is 29.8. The number of pyridine rings is 2. The van der Waals surface area contributed by atoms with Crippen LogP contribution >= 0.6 is 0 Å². The Morgan fingerprint density at radius 3 is 1.53 bits per heavy atom. The number of ether oxygens (including phenoxy) is 4. The summed E-state index contributed by atoms with van der Waals surface area (Å²) in [5.41, 5.74) is 17.1. The van der Waals surface area contributed by atoms with Crippen molar-refractivity contribution in [2.24, 2.45) is 11.5 Å². The van der Waals surface area contributed by atoms with Crippen molar-refractivity contribution in [3.63, 3.8) is 0 Å². The third-order valence-electron chi connectivity index (χ3n) is 14.1. The molecule has 4 aromatic heterocycles. The standard InChI is InChI=1S/C32H37N7O4.C26H28N6O3.C6H11NO2.CH4/c1-21-7-12-26(25(18-21)30(33)41)43-27-13-15-34-32-29(27)31(36-39(32)19-22-8-10-24(42-4)11-9-22)35-23-14-17-38(20-23)28(40)6-5-16-37(2)3;1-16-3-8-21(20(13-16)24(27)33)35-22-10-12-29-26-23(22)25(30-18-9-11-28-14-18)31-32(26)15-17-4-6-19(34-2)7-5-17;1-7(2)5-3-4-6(8)9;/h5-13,15,18,23H,14,16-17,19-20H2,1-4H3,(H2,33,41)(H,35,36);3-8,10,12-13,18,28H,9,11,14-15H2,1-2H3,(H2,27,33)(H,30,31);3-4H,5H2,1-2H3,(H,8,9);1H4/b6-5+;;4-3+;/t23-;18-;;/m11../s1. The van der Waals surface area contributed by atoms with Crippen molar-refractivity contribution in [3.8, 4) is 34.5 Å². The van der Waals surface area contributed by atoms with E-state index in [1.165, 1.54) is 0 Å². The summed E-state index contributed by atoms with van der Waals surface area (Å²) in [6, 6.07) is 30.1. The van der Waals surface area contributed by atoms with Crippen molar-refractivity contribution < 1.29 is 43.2 Å². The zero-order chi connectivity index (χ0) is 62.1. The summed E-state index contributed by atoms with van der Waals surface area (Å²) in [6.45, 7) is 9.14. The first-order chi connectivity index (χ1) is 41.8. The minimum atomic E-state index is -0.892. The van der Waals surface area contributed by atoms with E-state index in [1.54, 1.807) is 75.2 Å². The molecule has 2 atom stereocenters. The lowest BCUT2D eigenvalue weighted by Gasteiger charge is -2.16. The van der Waals surface area contributed by atoms with Crippen LogP contribution in [0.15, 0.2) is 134 Å². The molecule has 0 bridgehead atoms. The summed E-state index contributed by atoms with van der Waals surface area (Å²) in [5.74, 6) is 2.61. The Labute approximate surface area is 512 Å². The van der Waals surface area contributed by atoms with Crippen molar-refractivity contribution in [3.05, 3.63) is 167 Å². The number of amides is 3. The Kier molecular flexibility index (Phi) is 23.1. The molecule has 464 valence electrons. The van der Waals surface area contributed by atoms with E-state index in [2.05, 4.69) is 25.9 Å². The van der Waals surface area contributed by atoms with E-state index in [9.17, 15) is 19.2 Å². The fraction of sp³-hybridized carbons (Fsp3) is 0.323. The highest BCUT2D eigenvalue weighted by molar-refractivity contribution is 5.98. The maximum atomic E-state index is 12.8. The van der Waals surface area contributed by atoms with E-state index in [-0.39, 0.29) is 31.0 Å². The van der Waals surface area contributed by atoms with Crippen LogP contribution in [0.5, 0.6) is 34.5 Å². The molecule has 10 rings (SSSR count). The molecule has 2 fully saturated rings. The number of carbonyl (C=O) groups excluding carboxylic acids is 3. The Bertz CT molecular complexity index is 3740. The summed E-state index contributed by atoms with van der Waals surface area (Å²) < 4.78 is 26.9. The molecule has 8 aromatic rings. The first-order valence-corrected chi connectivity index (χ1v) is 28.4. The predicted octanol–water partition coefficient (Wildman–Crippen LogP) is 8.10. The van der Waals surface area contributed by atoms with Gasteiger partial charge in [0.1, 0.15) is 45.3 Å². The SMILES string of the molecule is C.CN(C)C/C=C/C(=O)O.COc1ccc(Cn2nc(N[C@@H]3CCN(C(=O)/C=C/CN(C)C)C3)c3c(Oc4ccc(C)cc4C(N)=O)ccnc32)cc1.COc1ccc(Cn2nc(N[C@@H]3CCNC3)c3c(Oc4ccc(C)cc4C(N)=O)ccnc32)cc1. The quantitative estimate of drug-likeness (QED) is 0.0349. The number of hydrogen-bond donors (Lipinski definition) is 6. The number of primary amides is 2. The van der Waals surface area contributed by atoms with Gasteiger partial charge in [-0.15, -0.1) is 0 Å². The number of nitrogens with one attached hydrogen (secondary N) is 3. The number of nitrogens with two attached hydrogens (primary N) is 2. The lowest BCUT2D eigenvalue weighted by atomic mass is 10.1. The second-order valence-electron chi connectivity index (χ2n) is 21.6. The molecule has 2 saturated heterocycles. The first-order valence-electron chi connectivity index (χ1n) is 28.4. The Morgan fingerprint density at radius 2 is 1.11 bits per heavy atom. The molecule has 0 aliphatic carbocycles. The van der Waals surface area contributed by atoms with Gasteiger partial charge in [-0.25, -0.2) is 24.1 Å². The molecule has 2 aliphatic rings. The van der Waals surface area contributed by atoms with Gasteiger partial charge in [-0.2, -0.15) is 10.2 Å². The second-order valence-corrected chi connectivity index (χ2v) is 21.6. The summed E-state index contributed by atoms with van der Waals surface area (Å²) in [7, 11) is 11.0. The van der Waals surface area contributed by atoms with Gasteiger partial charge in [0.25, 0.3) is 11.8 Å². The predicted molar refractivity (Wildman–Crippen MR) is 342 cm³/mol. The van der Waals surface area contributed by atoms with Gasteiger partial charge in [0.2, 0.25) is 5.91 Å². The molecule has 23 heteroatoms. The zero-order valence-corrected chi connectivity index (χ0v) is 50.3. The van der Waals surface area contributed by atoms with Crippen molar-refractivity contribution in [2.45, 2.75) is 59.3 Å². The number of fused-ring (bicyclic) bond motifs is 2. The van der Waals surface area contributed by atoms with E-state index >= 15 is 0 Å². The van der Waals surface area contributed by atoms with E-state index < -0.39 is 17.8 Å². The van der Waals surface area contributed by atoms with Crippen molar-refractivity contribution >= 4 is 57.4 Å².